The van der Waals surface area contributed by atoms with E-state index in [1.165, 1.54) is 63.9 Å². The maximum atomic E-state index is 12.4. The third-order valence-electron chi connectivity index (χ3n) is 8.64. The van der Waals surface area contributed by atoms with E-state index in [0.29, 0.717) is 6.42 Å². The highest BCUT2D eigenvalue weighted by molar-refractivity contribution is 7.46. The van der Waals surface area contributed by atoms with E-state index in [-0.39, 0.29) is 25.7 Å². The number of phosphoric acid groups is 1. The molecule has 0 saturated heterocycles. The van der Waals surface area contributed by atoms with Crippen LogP contribution in [0, 0.1) is 5.92 Å². The number of hydrogen-bond donors (Lipinski definition) is 5. The Kier molecular flexibility index (Phi) is 33.0. The number of unbranched alkanes of at least 4 members (excludes halogenated alkanes) is 13. The lowest BCUT2D eigenvalue weighted by molar-refractivity contribution is -0.161. The SMILES string of the molecule is CCCCC[C@H](O)/C=C/C=C\C=C\C=C\[C@H](O)[C@@H](O)CCCC(=O)O[C@H](COC(=O)CCCCCCCCCCCCCCC(C)C)COP(=O)(O)O. The van der Waals surface area contributed by atoms with Crippen LogP contribution in [0.4, 0.5) is 0 Å². The van der Waals surface area contributed by atoms with Crippen molar-refractivity contribution in [2.45, 2.75) is 180 Å². The van der Waals surface area contributed by atoms with Gasteiger partial charge in [-0.2, -0.15) is 0 Å². The van der Waals surface area contributed by atoms with Gasteiger partial charge in [0.25, 0.3) is 0 Å². The maximum absolute atomic E-state index is 12.4. The van der Waals surface area contributed by atoms with Crippen LogP contribution < -0.4 is 0 Å². The van der Waals surface area contributed by atoms with Crippen molar-refractivity contribution in [2.24, 2.45) is 5.92 Å². The number of hydrogen-bond acceptors (Lipinski definition) is 9. The number of aliphatic hydroxyl groups excluding tert-OH is 3. The molecule has 0 bridgehead atoms. The van der Waals surface area contributed by atoms with Gasteiger partial charge in [0, 0.05) is 12.8 Å². The topological polar surface area (TPSA) is 180 Å². The van der Waals surface area contributed by atoms with Gasteiger partial charge in [0.2, 0.25) is 0 Å². The average molecular weight is 773 g/mol. The molecule has 0 aliphatic carbocycles. The molecular weight excluding hydrogens is 699 g/mol. The number of ether oxygens (including phenoxy) is 2. The van der Waals surface area contributed by atoms with Crippen LogP contribution in [-0.2, 0) is 28.2 Å². The standard InChI is InChI=1S/C41H73O11P/c1-4-5-20-27-36(42)28-22-17-14-15-18-23-29-38(43)39(44)30-25-32-41(46)52-37(34-51-53(47,48)49)33-50-40(45)31-24-19-13-11-9-7-6-8-10-12-16-21-26-35(2)3/h14-15,17-18,22-23,28-29,35-39,42-44H,4-13,16,19-21,24-27,30-34H2,1-3H3,(H2,47,48,49)/b17-14-,18-15+,28-22+,29-23+/t36-,37+,38-,39-/m0/s1. The van der Waals surface area contributed by atoms with E-state index < -0.39 is 57.4 Å². The van der Waals surface area contributed by atoms with Crippen molar-refractivity contribution in [1.82, 2.24) is 0 Å². The minimum Gasteiger partial charge on any atom is -0.462 e. The van der Waals surface area contributed by atoms with E-state index in [0.717, 1.165) is 50.9 Å². The molecule has 0 aromatic heterocycles. The number of carbonyl (C=O) groups excluding carboxylic acids is 2. The van der Waals surface area contributed by atoms with Gasteiger partial charge < -0.3 is 34.6 Å². The minimum absolute atomic E-state index is 0.0902. The second-order valence-electron chi connectivity index (χ2n) is 14.3. The molecule has 0 aromatic carbocycles. The van der Waals surface area contributed by atoms with Crippen LogP contribution >= 0.6 is 7.82 Å². The van der Waals surface area contributed by atoms with Gasteiger partial charge in [-0.1, -0.05) is 166 Å². The number of carbonyl (C=O) groups is 2. The number of esters is 2. The lowest BCUT2D eigenvalue weighted by Gasteiger charge is -2.19. The van der Waals surface area contributed by atoms with Crippen LogP contribution in [0.25, 0.3) is 0 Å². The van der Waals surface area contributed by atoms with Gasteiger partial charge in [0.05, 0.1) is 24.9 Å². The van der Waals surface area contributed by atoms with E-state index in [9.17, 15) is 29.5 Å². The van der Waals surface area contributed by atoms with Gasteiger partial charge in [-0.3, -0.25) is 14.1 Å². The molecule has 0 aliphatic rings. The first-order valence-corrected chi connectivity index (χ1v) is 21.6. The van der Waals surface area contributed by atoms with Crippen LogP contribution in [0.2, 0.25) is 0 Å². The third-order valence-corrected chi connectivity index (χ3v) is 9.13. The molecule has 0 heterocycles. The van der Waals surface area contributed by atoms with E-state index in [1.54, 1.807) is 42.5 Å². The van der Waals surface area contributed by atoms with Crippen molar-refractivity contribution in [3.8, 4) is 0 Å². The van der Waals surface area contributed by atoms with E-state index in [4.69, 9.17) is 19.3 Å². The summed E-state index contributed by atoms with van der Waals surface area (Å²) in [6, 6.07) is 0. The fraction of sp³-hybridized carbons (Fsp3) is 0.756. The van der Waals surface area contributed by atoms with E-state index in [2.05, 4.69) is 25.3 Å². The smallest absolute Gasteiger partial charge is 0.462 e. The van der Waals surface area contributed by atoms with Crippen molar-refractivity contribution in [1.29, 1.82) is 0 Å². The predicted molar refractivity (Wildman–Crippen MR) is 211 cm³/mol. The van der Waals surface area contributed by atoms with Crippen LogP contribution in [0.15, 0.2) is 48.6 Å². The summed E-state index contributed by atoms with van der Waals surface area (Å²) in [5.74, 6) is -0.416. The molecule has 308 valence electrons. The third kappa shape index (κ3) is 36.6. The monoisotopic (exact) mass is 772 g/mol. The Morgan fingerprint density at radius 2 is 1.11 bits per heavy atom. The van der Waals surface area contributed by atoms with Gasteiger partial charge in [-0.05, 0) is 31.6 Å². The Morgan fingerprint density at radius 1 is 0.604 bits per heavy atom. The fourth-order valence-electron chi connectivity index (χ4n) is 5.47. The fourth-order valence-corrected chi connectivity index (χ4v) is 5.83. The van der Waals surface area contributed by atoms with Crippen LogP contribution in [-0.4, -0.2) is 74.7 Å². The minimum atomic E-state index is -4.85. The molecule has 5 N–H and O–H groups in total. The normalized spacial score (nSPS) is 14.9. The second-order valence-corrected chi connectivity index (χ2v) is 15.5. The molecule has 0 rings (SSSR count). The molecule has 0 spiro atoms. The van der Waals surface area contributed by atoms with Crippen molar-refractivity contribution < 1.29 is 53.3 Å². The summed E-state index contributed by atoms with van der Waals surface area (Å²) in [5, 5.41) is 30.3. The molecule has 12 heteroatoms. The highest BCUT2D eigenvalue weighted by Gasteiger charge is 2.23. The van der Waals surface area contributed by atoms with Gasteiger partial charge in [-0.25, -0.2) is 4.57 Å². The zero-order valence-corrected chi connectivity index (χ0v) is 33.8. The molecule has 0 unspecified atom stereocenters. The summed E-state index contributed by atoms with van der Waals surface area (Å²) in [7, 11) is -4.85. The summed E-state index contributed by atoms with van der Waals surface area (Å²) in [6.45, 7) is 5.60. The van der Waals surface area contributed by atoms with Crippen LogP contribution in [0.3, 0.4) is 0 Å². The molecule has 0 radical (unpaired) electrons. The predicted octanol–water partition coefficient (Wildman–Crippen LogP) is 8.73. The Labute approximate surface area is 320 Å². The second kappa shape index (κ2) is 34.4. The van der Waals surface area contributed by atoms with Gasteiger partial charge >= 0.3 is 19.8 Å². The van der Waals surface area contributed by atoms with Gasteiger partial charge in [0.1, 0.15) is 6.61 Å². The van der Waals surface area contributed by atoms with Crippen LogP contribution in [0.5, 0.6) is 0 Å². The number of allylic oxidation sites excluding steroid dienone is 6. The number of rotatable bonds is 35. The van der Waals surface area contributed by atoms with Crippen molar-refractivity contribution in [3.63, 3.8) is 0 Å². The Morgan fingerprint density at radius 3 is 1.68 bits per heavy atom. The molecule has 0 saturated carbocycles. The summed E-state index contributed by atoms with van der Waals surface area (Å²) < 4.78 is 26.1. The molecule has 11 nitrogen and oxygen atoms in total. The summed E-state index contributed by atoms with van der Waals surface area (Å²) >= 11 is 0. The van der Waals surface area contributed by atoms with Crippen molar-refractivity contribution >= 4 is 19.8 Å². The number of phosphoric ester groups is 1. The number of aliphatic hydroxyl groups is 3. The van der Waals surface area contributed by atoms with Gasteiger partial charge in [-0.15, -0.1) is 0 Å². The van der Waals surface area contributed by atoms with Gasteiger partial charge in [0.15, 0.2) is 6.10 Å². The first-order chi connectivity index (χ1) is 25.3. The Bertz CT molecular complexity index is 1070. The summed E-state index contributed by atoms with van der Waals surface area (Å²) in [6.07, 6.45) is 29.2. The van der Waals surface area contributed by atoms with Crippen LogP contribution in [0.1, 0.15) is 156 Å². The lowest BCUT2D eigenvalue weighted by atomic mass is 10.0. The lowest BCUT2D eigenvalue weighted by Crippen LogP contribution is -2.29. The quantitative estimate of drug-likeness (QED) is 0.0180. The van der Waals surface area contributed by atoms with Crippen molar-refractivity contribution in [3.05, 3.63) is 48.6 Å². The first-order valence-electron chi connectivity index (χ1n) is 20.1. The molecule has 0 aliphatic heterocycles. The Balaban J connectivity index is 4.29. The average Bonchev–Trinajstić information content (AvgIpc) is 3.10. The molecular formula is C41H73O11P. The largest absolute Gasteiger partial charge is 0.469 e. The summed E-state index contributed by atoms with van der Waals surface area (Å²) in [4.78, 5) is 42.8. The highest BCUT2D eigenvalue weighted by Crippen LogP contribution is 2.36. The van der Waals surface area contributed by atoms with Crippen molar-refractivity contribution in [2.75, 3.05) is 13.2 Å². The molecule has 0 fully saturated rings. The highest BCUT2D eigenvalue weighted by atomic mass is 31.2. The first kappa shape index (κ1) is 50.9. The summed E-state index contributed by atoms with van der Waals surface area (Å²) in [5.41, 5.74) is 0. The molecule has 0 amide bonds. The molecule has 0 aromatic rings. The zero-order valence-electron chi connectivity index (χ0n) is 32.9. The Hall–Kier alpha value is -2.11. The molecule has 4 atom stereocenters. The zero-order chi connectivity index (χ0) is 39.6. The maximum Gasteiger partial charge on any atom is 0.469 e. The van der Waals surface area contributed by atoms with E-state index in [1.807, 2.05) is 0 Å². The molecule has 53 heavy (non-hydrogen) atoms. The van der Waals surface area contributed by atoms with E-state index >= 15 is 0 Å².